The number of hydrogen-bond donors (Lipinski definition) is 2. The average Bonchev–Trinajstić information content (AvgIpc) is 2.94. The number of nitrogens with zero attached hydrogens (tertiary/aromatic N) is 3. The number of rotatable bonds is 9. The lowest BCUT2D eigenvalue weighted by Gasteiger charge is -2.28. The van der Waals surface area contributed by atoms with E-state index in [1.54, 1.807) is 18.9 Å². The number of carbonyl (C=O) groups excluding carboxylic acids is 4. The van der Waals surface area contributed by atoms with Gasteiger partial charge < -0.3 is 19.9 Å². The van der Waals surface area contributed by atoms with E-state index in [2.05, 4.69) is 20.6 Å². The SMILES string of the molecule is CC(C)C[C@H](NC(=O)C(Cc1ccccc1)NC(=O)c1cnccn1)B1OC(=O)CCN(C)C(C)C(=O)O1. The standard InChI is InChI=1S/C26H34BN5O6/c1-17(2)14-22(27-37-23(33)10-13-32(4)18(3)26(36)38-27)31-24(34)20(15-19-8-6-5-7-9-19)30-25(35)21-16-28-11-12-29-21/h5-9,11-12,16-18,20,22H,10,13-15H2,1-4H3,(H,30,35)(H,31,34)/t18?,20?,22-/m0/s1. The Bertz CT molecular complexity index is 1100. The molecule has 1 aromatic carbocycles. The average molecular weight is 523 g/mol. The van der Waals surface area contributed by atoms with E-state index >= 15 is 0 Å². The molecule has 1 aliphatic rings. The first kappa shape index (κ1) is 28.8. The molecule has 0 bridgehead atoms. The molecule has 0 spiro atoms. The molecule has 0 radical (unpaired) electrons. The number of aromatic nitrogens is 2. The molecule has 12 heteroatoms. The van der Waals surface area contributed by atoms with Crippen LogP contribution in [0, 0.1) is 5.92 Å². The van der Waals surface area contributed by atoms with Crippen LogP contribution in [0.15, 0.2) is 48.9 Å². The summed E-state index contributed by atoms with van der Waals surface area (Å²) in [5.74, 6) is -2.96. The number of carbonyl (C=O) groups is 4. The minimum absolute atomic E-state index is 0.0622. The van der Waals surface area contributed by atoms with Crippen LogP contribution < -0.4 is 10.6 Å². The number of benzene rings is 1. The molecular weight excluding hydrogens is 489 g/mol. The van der Waals surface area contributed by atoms with Crippen LogP contribution in [-0.2, 0) is 30.1 Å². The van der Waals surface area contributed by atoms with Crippen molar-refractivity contribution in [1.82, 2.24) is 25.5 Å². The first-order valence-electron chi connectivity index (χ1n) is 12.7. The third-order valence-electron chi connectivity index (χ3n) is 6.23. The first-order chi connectivity index (χ1) is 18.1. The van der Waals surface area contributed by atoms with Gasteiger partial charge in [-0.15, -0.1) is 0 Å². The largest absolute Gasteiger partial charge is 0.622 e. The third kappa shape index (κ3) is 8.37. The van der Waals surface area contributed by atoms with Gasteiger partial charge in [0.1, 0.15) is 17.8 Å². The van der Waals surface area contributed by atoms with Crippen LogP contribution in [0.3, 0.4) is 0 Å². The summed E-state index contributed by atoms with van der Waals surface area (Å²) in [4.78, 5) is 61.3. The molecule has 2 aromatic rings. The van der Waals surface area contributed by atoms with Gasteiger partial charge in [0.25, 0.3) is 11.9 Å². The van der Waals surface area contributed by atoms with Crippen molar-refractivity contribution in [2.24, 2.45) is 5.92 Å². The van der Waals surface area contributed by atoms with Crippen molar-refractivity contribution in [3.63, 3.8) is 0 Å². The first-order valence-corrected chi connectivity index (χ1v) is 12.7. The van der Waals surface area contributed by atoms with Gasteiger partial charge in [0.05, 0.1) is 18.6 Å². The molecule has 3 rings (SSSR count). The predicted molar refractivity (Wildman–Crippen MR) is 139 cm³/mol. The zero-order chi connectivity index (χ0) is 27.7. The molecule has 11 nitrogen and oxygen atoms in total. The monoisotopic (exact) mass is 523 g/mol. The highest BCUT2D eigenvalue weighted by Gasteiger charge is 2.42. The summed E-state index contributed by atoms with van der Waals surface area (Å²) in [5, 5.41) is 5.60. The summed E-state index contributed by atoms with van der Waals surface area (Å²) in [6.07, 6.45) is 4.76. The molecule has 0 saturated carbocycles. The van der Waals surface area contributed by atoms with E-state index < -0.39 is 48.9 Å². The van der Waals surface area contributed by atoms with Gasteiger partial charge >= 0.3 is 13.1 Å². The Morgan fingerprint density at radius 1 is 1.13 bits per heavy atom. The van der Waals surface area contributed by atoms with E-state index in [9.17, 15) is 19.2 Å². The predicted octanol–water partition coefficient (Wildman–Crippen LogP) is 1.19. The maximum atomic E-state index is 13.6. The summed E-state index contributed by atoms with van der Waals surface area (Å²) in [6, 6.07) is 7.64. The maximum Gasteiger partial charge on any atom is 0.622 e. The van der Waals surface area contributed by atoms with Crippen LogP contribution in [0.25, 0.3) is 0 Å². The third-order valence-corrected chi connectivity index (χ3v) is 6.23. The fraction of sp³-hybridized carbons (Fsp3) is 0.462. The minimum Gasteiger partial charge on any atom is -0.498 e. The van der Waals surface area contributed by atoms with Crippen LogP contribution >= 0.6 is 0 Å². The number of likely N-dealkylation sites (N-methyl/N-ethyl adjacent to an activating group) is 1. The van der Waals surface area contributed by atoms with Gasteiger partial charge in [-0.25, -0.2) is 4.98 Å². The molecule has 1 aromatic heterocycles. The second-order valence-corrected chi connectivity index (χ2v) is 9.75. The highest BCUT2D eigenvalue weighted by Crippen LogP contribution is 2.15. The Morgan fingerprint density at radius 2 is 1.87 bits per heavy atom. The Labute approximate surface area is 222 Å². The Morgan fingerprint density at radius 3 is 2.53 bits per heavy atom. The minimum atomic E-state index is -1.32. The molecule has 0 aliphatic carbocycles. The lowest BCUT2D eigenvalue weighted by molar-refractivity contribution is -0.142. The highest BCUT2D eigenvalue weighted by atomic mass is 16.6. The van der Waals surface area contributed by atoms with E-state index in [0.717, 1.165) is 5.56 Å². The molecule has 38 heavy (non-hydrogen) atoms. The Balaban J connectivity index is 1.85. The van der Waals surface area contributed by atoms with E-state index in [1.165, 1.54) is 18.6 Å². The zero-order valence-corrected chi connectivity index (χ0v) is 22.1. The van der Waals surface area contributed by atoms with Crippen molar-refractivity contribution in [2.75, 3.05) is 13.6 Å². The fourth-order valence-electron chi connectivity index (χ4n) is 3.97. The van der Waals surface area contributed by atoms with Crippen molar-refractivity contribution in [3.8, 4) is 0 Å². The lowest BCUT2D eigenvalue weighted by Crippen LogP contribution is -2.57. The fourth-order valence-corrected chi connectivity index (χ4v) is 3.97. The molecular formula is C26H34BN5O6. The van der Waals surface area contributed by atoms with Crippen LogP contribution in [0.1, 0.15) is 49.7 Å². The molecule has 1 aliphatic heterocycles. The molecule has 2 unspecified atom stereocenters. The maximum absolute atomic E-state index is 13.6. The molecule has 1 saturated heterocycles. The van der Waals surface area contributed by atoms with Crippen molar-refractivity contribution in [2.45, 2.75) is 58.1 Å². The summed E-state index contributed by atoms with van der Waals surface area (Å²) in [7, 11) is 0.407. The molecule has 1 fully saturated rings. The van der Waals surface area contributed by atoms with Crippen LogP contribution in [0.2, 0.25) is 0 Å². The van der Waals surface area contributed by atoms with E-state index in [4.69, 9.17) is 9.31 Å². The van der Waals surface area contributed by atoms with Gasteiger partial charge in [-0.1, -0.05) is 44.2 Å². The number of hydrogen-bond acceptors (Lipinski definition) is 9. The number of nitrogens with one attached hydrogen (secondary N) is 2. The summed E-state index contributed by atoms with van der Waals surface area (Å²) < 4.78 is 11.1. The van der Waals surface area contributed by atoms with Crippen LogP contribution in [-0.4, -0.2) is 77.4 Å². The topological polar surface area (TPSA) is 140 Å². The highest BCUT2D eigenvalue weighted by molar-refractivity contribution is 6.51. The molecule has 3 atom stereocenters. The lowest BCUT2D eigenvalue weighted by atomic mass is 9.73. The van der Waals surface area contributed by atoms with Gasteiger partial charge in [0.2, 0.25) is 5.91 Å². The van der Waals surface area contributed by atoms with Gasteiger partial charge in [0, 0.05) is 25.4 Å². The van der Waals surface area contributed by atoms with Gasteiger partial charge in [-0.3, -0.25) is 29.1 Å². The number of amides is 2. The van der Waals surface area contributed by atoms with Crippen molar-refractivity contribution >= 4 is 30.9 Å². The van der Waals surface area contributed by atoms with Gasteiger partial charge in [0.15, 0.2) is 0 Å². The summed E-state index contributed by atoms with van der Waals surface area (Å²) >= 11 is 0. The van der Waals surface area contributed by atoms with Crippen molar-refractivity contribution < 1.29 is 28.5 Å². The van der Waals surface area contributed by atoms with Crippen molar-refractivity contribution in [3.05, 3.63) is 60.2 Å². The van der Waals surface area contributed by atoms with E-state index in [1.807, 2.05) is 44.2 Å². The van der Waals surface area contributed by atoms with E-state index in [-0.39, 0.29) is 24.5 Å². The van der Waals surface area contributed by atoms with Crippen molar-refractivity contribution in [1.29, 1.82) is 0 Å². The zero-order valence-electron chi connectivity index (χ0n) is 22.1. The molecule has 202 valence electrons. The van der Waals surface area contributed by atoms with E-state index in [0.29, 0.717) is 13.0 Å². The quantitative estimate of drug-likeness (QED) is 0.464. The van der Waals surface area contributed by atoms with Crippen LogP contribution in [0.4, 0.5) is 0 Å². The normalized spacial score (nSPS) is 18.3. The Hall–Kier alpha value is -3.80. The van der Waals surface area contributed by atoms with Gasteiger partial charge in [-0.05, 0) is 31.9 Å². The summed E-state index contributed by atoms with van der Waals surface area (Å²) in [5.41, 5.74) is 0.888. The smallest absolute Gasteiger partial charge is 0.498 e. The Kier molecular flexibility index (Phi) is 10.3. The molecule has 2 heterocycles. The van der Waals surface area contributed by atoms with Crippen LogP contribution in [0.5, 0.6) is 0 Å². The molecule has 2 N–H and O–H groups in total. The second kappa shape index (κ2) is 13.7. The second-order valence-electron chi connectivity index (χ2n) is 9.75. The summed E-state index contributed by atoms with van der Waals surface area (Å²) in [6.45, 7) is 5.89. The molecule has 2 amide bonds. The van der Waals surface area contributed by atoms with Gasteiger partial charge in [-0.2, -0.15) is 0 Å².